The second kappa shape index (κ2) is 7.53. The molecule has 0 atom stereocenters. The topological polar surface area (TPSA) is 52.0 Å². The van der Waals surface area contributed by atoms with E-state index in [0.717, 1.165) is 44.2 Å². The summed E-state index contributed by atoms with van der Waals surface area (Å²) in [6, 6.07) is 3.98. The molecule has 5 nitrogen and oxygen atoms in total. The molecular weight excluding hydrogens is 240 g/mol. The molecule has 0 unspecified atom stereocenters. The third-order valence-electron chi connectivity index (χ3n) is 2.78. The fourth-order valence-electron chi connectivity index (χ4n) is 1.82. The number of aryl methyl sites for hydroxylation is 1. The summed E-state index contributed by atoms with van der Waals surface area (Å²) >= 11 is 0. The van der Waals surface area contributed by atoms with Crippen LogP contribution in [0.2, 0.25) is 0 Å². The van der Waals surface area contributed by atoms with Crippen molar-refractivity contribution in [2.45, 2.75) is 26.4 Å². The van der Waals surface area contributed by atoms with Crippen LogP contribution in [0.3, 0.4) is 0 Å². The zero-order valence-electron chi connectivity index (χ0n) is 11.2. The first kappa shape index (κ1) is 13.5. The van der Waals surface area contributed by atoms with Crippen molar-refractivity contribution < 1.29 is 4.74 Å². The van der Waals surface area contributed by atoms with Gasteiger partial charge < -0.3 is 14.6 Å². The van der Waals surface area contributed by atoms with Crippen LogP contribution < -0.4 is 5.32 Å². The van der Waals surface area contributed by atoms with Crippen LogP contribution in [0.4, 0.5) is 5.95 Å². The number of anilines is 1. The lowest BCUT2D eigenvalue weighted by Crippen LogP contribution is -2.09. The summed E-state index contributed by atoms with van der Waals surface area (Å²) < 4.78 is 7.45. The maximum absolute atomic E-state index is 5.34. The maximum atomic E-state index is 5.34. The van der Waals surface area contributed by atoms with Gasteiger partial charge >= 0.3 is 0 Å². The number of nitrogens with one attached hydrogen (secondary N) is 1. The van der Waals surface area contributed by atoms with Crippen molar-refractivity contribution in [3.05, 3.63) is 42.5 Å². The smallest absolute Gasteiger partial charge is 0.203 e. The van der Waals surface area contributed by atoms with Gasteiger partial charge in [0, 0.05) is 51.1 Å². The van der Waals surface area contributed by atoms with E-state index < -0.39 is 0 Å². The number of hydrogen-bond acceptors (Lipinski definition) is 4. The molecule has 0 saturated heterocycles. The zero-order valence-corrected chi connectivity index (χ0v) is 11.2. The Kier molecular flexibility index (Phi) is 5.37. The number of rotatable bonds is 8. The van der Waals surface area contributed by atoms with E-state index in [2.05, 4.69) is 19.9 Å². The van der Waals surface area contributed by atoms with E-state index in [1.54, 1.807) is 6.20 Å². The van der Waals surface area contributed by atoms with Crippen LogP contribution >= 0.6 is 0 Å². The van der Waals surface area contributed by atoms with Gasteiger partial charge in [-0.3, -0.25) is 4.98 Å². The molecule has 0 aliphatic heterocycles. The molecule has 2 aromatic rings. The van der Waals surface area contributed by atoms with Crippen LogP contribution in [0.1, 0.15) is 18.9 Å². The minimum Gasteiger partial charge on any atom is -0.382 e. The van der Waals surface area contributed by atoms with Crippen LogP contribution in [-0.2, 0) is 17.8 Å². The third-order valence-corrected chi connectivity index (χ3v) is 2.78. The molecule has 0 fully saturated rings. The quantitative estimate of drug-likeness (QED) is 0.740. The molecule has 0 amide bonds. The molecule has 0 saturated carbocycles. The molecule has 2 aromatic heterocycles. The molecular formula is C14H20N4O. The Bertz CT molecular complexity index is 469. The summed E-state index contributed by atoms with van der Waals surface area (Å²) in [5, 5.41) is 3.32. The van der Waals surface area contributed by atoms with Gasteiger partial charge in [-0.05, 0) is 25.0 Å². The molecule has 2 rings (SSSR count). The average molecular weight is 260 g/mol. The molecule has 0 spiro atoms. The lowest BCUT2D eigenvalue weighted by Gasteiger charge is -2.09. The maximum Gasteiger partial charge on any atom is 0.203 e. The number of aromatic nitrogens is 3. The number of hydrogen-bond donors (Lipinski definition) is 1. The van der Waals surface area contributed by atoms with Crippen molar-refractivity contribution in [2.75, 3.05) is 18.5 Å². The van der Waals surface area contributed by atoms with Crippen molar-refractivity contribution in [1.29, 1.82) is 0 Å². The lowest BCUT2D eigenvalue weighted by molar-refractivity contribution is 0.142. The van der Waals surface area contributed by atoms with Crippen molar-refractivity contribution in [1.82, 2.24) is 14.5 Å². The Morgan fingerprint density at radius 2 is 2.32 bits per heavy atom. The molecule has 2 heterocycles. The van der Waals surface area contributed by atoms with Gasteiger partial charge in [0.1, 0.15) is 0 Å². The van der Waals surface area contributed by atoms with E-state index in [4.69, 9.17) is 4.74 Å². The predicted molar refractivity (Wildman–Crippen MR) is 74.9 cm³/mol. The lowest BCUT2D eigenvalue weighted by atomic mass is 10.3. The molecule has 0 aromatic carbocycles. The number of imidazole rings is 1. The molecule has 0 bridgehead atoms. The van der Waals surface area contributed by atoms with E-state index in [9.17, 15) is 0 Å². The van der Waals surface area contributed by atoms with Gasteiger partial charge in [0.05, 0.1) is 0 Å². The number of ether oxygens (including phenoxy) is 1. The molecule has 102 valence electrons. The average Bonchev–Trinajstić information content (AvgIpc) is 2.90. The van der Waals surface area contributed by atoms with Crippen LogP contribution in [0, 0.1) is 0 Å². The third kappa shape index (κ3) is 4.37. The Morgan fingerprint density at radius 1 is 1.37 bits per heavy atom. The van der Waals surface area contributed by atoms with Gasteiger partial charge in [0.25, 0.3) is 0 Å². The highest BCUT2D eigenvalue weighted by molar-refractivity contribution is 5.27. The fraction of sp³-hybridized carbons (Fsp3) is 0.429. The normalized spacial score (nSPS) is 10.6. The Labute approximate surface area is 113 Å². The second-order valence-electron chi connectivity index (χ2n) is 4.21. The summed E-state index contributed by atoms with van der Waals surface area (Å²) in [6.07, 6.45) is 8.42. The summed E-state index contributed by atoms with van der Waals surface area (Å²) in [4.78, 5) is 8.41. The highest BCUT2D eigenvalue weighted by Crippen LogP contribution is 2.07. The first-order chi connectivity index (χ1) is 9.40. The molecule has 19 heavy (non-hydrogen) atoms. The molecule has 0 aliphatic carbocycles. The van der Waals surface area contributed by atoms with Gasteiger partial charge in [-0.2, -0.15) is 0 Å². The highest BCUT2D eigenvalue weighted by Gasteiger charge is 2.02. The largest absolute Gasteiger partial charge is 0.382 e. The van der Waals surface area contributed by atoms with Crippen LogP contribution in [0.5, 0.6) is 0 Å². The van der Waals surface area contributed by atoms with Crippen LogP contribution in [0.15, 0.2) is 36.9 Å². The van der Waals surface area contributed by atoms with Gasteiger partial charge in [-0.15, -0.1) is 0 Å². The minimum absolute atomic E-state index is 0.732. The molecule has 1 N–H and O–H groups in total. The van der Waals surface area contributed by atoms with E-state index in [1.165, 1.54) is 0 Å². The monoisotopic (exact) mass is 260 g/mol. The van der Waals surface area contributed by atoms with Crippen molar-refractivity contribution in [2.24, 2.45) is 0 Å². The fourth-order valence-corrected chi connectivity index (χ4v) is 1.82. The van der Waals surface area contributed by atoms with E-state index in [-0.39, 0.29) is 0 Å². The first-order valence-corrected chi connectivity index (χ1v) is 6.62. The van der Waals surface area contributed by atoms with Gasteiger partial charge in [0.15, 0.2) is 0 Å². The standard InChI is InChI=1S/C14H20N4O/c1-2-19-10-4-8-18-9-7-16-14(18)17-12-13-5-3-6-15-11-13/h3,5-7,9,11H,2,4,8,10,12H2,1H3,(H,16,17). The van der Waals surface area contributed by atoms with Crippen LogP contribution in [-0.4, -0.2) is 27.7 Å². The van der Waals surface area contributed by atoms with Crippen molar-refractivity contribution in [3.8, 4) is 0 Å². The Hall–Kier alpha value is -1.88. The molecule has 0 radical (unpaired) electrons. The summed E-state index contributed by atoms with van der Waals surface area (Å²) in [6.45, 7) is 5.22. The van der Waals surface area contributed by atoms with Crippen molar-refractivity contribution in [3.63, 3.8) is 0 Å². The van der Waals surface area contributed by atoms with E-state index in [1.807, 2.05) is 37.6 Å². The van der Waals surface area contributed by atoms with Gasteiger partial charge in [-0.1, -0.05) is 6.07 Å². The summed E-state index contributed by atoms with van der Waals surface area (Å²) in [5.41, 5.74) is 1.14. The predicted octanol–water partition coefficient (Wildman–Crippen LogP) is 2.32. The number of pyridine rings is 1. The molecule has 5 heteroatoms. The number of nitrogens with zero attached hydrogens (tertiary/aromatic N) is 3. The van der Waals surface area contributed by atoms with Crippen molar-refractivity contribution >= 4 is 5.95 Å². The minimum atomic E-state index is 0.732. The SMILES string of the molecule is CCOCCCn1ccnc1NCc1cccnc1. The van der Waals surface area contributed by atoms with Crippen LogP contribution in [0.25, 0.3) is 0 Å². The second-order valence-corrected chi connectivity index (χ2v) is 4.21. The molecule has 0 aliphatic rings. The summed E-state index contributed by atoms with van der Waals surface area (Å²) in [5.74, 6) is 0.889. The Morgan fingerprint density at radius 3 is 3.11 bits per heavy atom. The van der Waals surface area contributed by atoms with Gasteiger partial charge in [0.2, 0.25) is 5.95 Å². The van der Waals surface area contributed by atoms with Gasteiger partial charge in [-0.25, -0.2) is 4.98 Å². The Balaban J connectivity index is 1.82. The first-order valence-electron chi connectivity index (χ1n) is 6.62. The highest BCUT2D eigenvalue weighted by atomic mass is 16.5. The van der Waals surface area contributed by atoms with E-state index in [0.29, 0.717) is 0 Å². The summed E-state index contributed by atoms with van der Waals surface area (Å²) in [7, 11) is 0. The van der Waals surface area contributed by atoms with E-state index >= 15 is 0 Å². The zero-order chi connectivity index (χ0) is 13.3.